The Bertz CT molecular complexity index is 1390. The number of fused-ring (bicyclic) bond motifs is 2. The molecule has 1 saturated heterocycles. The van der Waals surface area contributed by atoms with E-state index < -0.39 is 0 Å². The molecule has 5 aromatic rings. The summed E-state index contributed by atoms with van der Waals surface area (Å²) in [6.45, 7) is 1.36. The molecular formula is C25H22N6O. The average molecular weight is 422 g/mol. The summed E-state index contributed by atoms with van der Waals surface area (Å²) in [6, 6.07) is 20.0. The first-order valence-corrected chi connectivity index (χ1v) is 10.9. The van der Waals surface area contributed by atoms with Crippen molar-refractivity contribution in [3.63, 3.8) is 0 Å². The van der Waals surface area contributed by atoms with E-state index >= 15 is 0 Å². The van der Waals surface area contributed by atoms with Gasteiger partial charge in [-0.2, -0.15) is 5.10 Å². The SMILES string of the molecule is O=C(c1cnn2c(-c3ccccc3)ccnc12)N1CCCC(c2nc3ccccc3[nH]2)C1. The number of piperidine rings is 1. The van der Waals surface area contributed by atoms with Crippen LogP contribution < -0.4 is 0 Å². The topological polar surface area (TPSA) is 79.2 Å². The molecule has 0 saturated carbocycles. The van der Waals surface area contributed by atoms with Crippen LogP contribution in [0.1, 0.15) is 34.9 Å². The number of aromatic amines is 1. The summed E-state index contributed by atoms with van der Waals surface area (Å²) in [5, 5.41) is 4.51. The highest BCUT2D eigenvalue weighted by molar-refractivity contribution is 6.00. The largest absolute Gasteiger partial charge is 0.342 e. The van der Waals surface area contributed by atoms with Gasteiger partial charge in [0, 0.05) is 30.8 Å². The number of benzene rings is 2. The van der Waals surface area contributed by atoms with Gasteiger partial charge in [0.25, 0.3) is 5.91 Å². The van der Waals surface area contributed by atoms with Crippen LogP contribution in [0.15, 0.2) is 73.1 Å². The Labute approximate surface area is 184 Å². The fraction of sp³-hybridized carbons (Fsp3) is 0.200. The van der Waals surface area contributed by atoms with Crippen LogP contribution in [-0.4, -0.2) is 48.5 Å². The molecule has 0 radical (unpaired) electrons. The van der Waals surface area contributed by atoms with Crippen LogP contribution in [0.25, 0.3) is 27.9 Å². The Morgan fingerprint density at radius 3 is 2.75 bits per heavy atom. The zero-order chi connectivity index (χ0) is 21.5. The van der Waals surface area contributed by atoms with Crippen LogP contribution in [0.5, 0.6) is 0 Å². The molecule has 1 amide bonds. The van der Waals surface area contributed by atoms with Crippen molar-refractivity contribution in [1.29, 1.82) is 0 Å². The van der Waals surface area contributed by atoms with Crippen molar-refractivity contribution < 1.29 is 4.79 Å². The second-order valence-electron chi connectivity index (χ2n) is 8.22. The standard InChI is InChI=1S/C25H22N6O/c32-25(19-15-27-31-22(12-13-26-24(19)31)17-7-2-1-3-8-17)30-14-6-9-18(16-30)23-28-20-10-4-5-11-21(20)29-23/h1-5,7-8,10-13,15,18H,6,9,14,16H2,(H,28,29). The van der Waals surface area contributed by atoms with Crippen LogP contribution in [0.4, 0.5) is 0 Å². The Balaban J connectivity index is 1.30. The van der Waals surface area contributed by atoms with Gasteiger partial charge >= 0.3 is 0 Å². The minimum atomic E-state index is -0.0291. The molecule has 1 aliphatic rings. The Kier molecular flexibility index (Phi) is 4.45. The lowest BCUT2D eigenvalue weighted by Crippen LogP contribution is -2.39. The van der Waals surface area contributed by atoms with Crippen molar-refractivity contribution in [2.45, 2.75) is 18.8 Å². The highest BCUT2D eigenvalue weighted by Gasteiger charge is 2.29. The number of nitrogens with one attached hydrogen (secondary N) is 1. The fourth-order valence-electron chi connectivity index (χ4n) is 4.59. The Morgan fingerprint density at radius 1 is 1.03 bits per heavy atom. The zero-order valence-corrected chi connectivity index (χ0v) is 17.5. The van der Waals surface area contributed by atoms with E-state index in [0.29, 0.717) is 17.8 Å². The third-order valence-electron chi connectivity index (χ3n) is 6.20. The molecule has 4 heterocycles. The summed E-state index contributed by atoms with van der Waals surface area (Å²) in [5.41, 5.74) is 5.06. The molecule has 1 atom stereocenters. The van der Waals surface area contributed by atoms with Crippen molar-refractivity contribution in [2.24, 2.45) is 0 Å². The molecule has 3 aromatic heterocycles. The zero-order valence-electron chi connectivity index (χ0n) is 17.5. The van der Waals surface area contributed by atoms with E-state index in [1.54, 1.807) is 16.9 Å². The molecule has 158 valence electrons. The molecule has 32 heavy (non-hydrogen) atoms. The minimum absolute atomic E-state index is 0.0291. The quantitative estimate of drug-likeness (QED) is 0.470. The number of hydrogen-bond donors (Lipinski definition) is 1. The summed E-state index contributed by atoms with van der Waals surface area (Å²) < 4.78 is 1.75. The van der Waals surface area contributed by atoms with Crippen LogP contribution in [0, 0.1) is 0 Å². The molecule has 7 nitrogen and oxygen atoms in total. The highest BCUT2D eigenvalue weighted by atomic mass is 16.2. The van der Waals surface area contributed by atoms with Crippen molar-refractivity contribution in [1.82, 2.24) is 29.5 Å². The van der Waals surface area contributed by atoms with Crippen LogP contribution in [0.3, 0.4) is 0 Å². The van der Waals surface area contributed by atoms with Gasteiger partial charge in [-0.1, -0.05) is 42.5 Å². The molecule has 0 aliphatic carbocycles. The lowest BCUT2D eigenvalue weighted by molar-refractivity contribution is 0.0706. The van der Waals surface area contributed by atoms with E-state index in [2.05, 4.69) is 15.1 Å². The van der Waals surface area contributed by atoms with Gasteiger partial charge in [-0.15, -0.1) is 0 Å². The Morgan fingerprint density at radius 2 is 1.88 bits per heavy atom. The maximum Gasteiger partial charge on any atom is 0.259 e. The number of para-hydroxylation sites is 2. The highest BCUT2D eigenvalue weighted by Crippen LogP contribution is 2.28. The maximum absolute atomic E-state index is 13.5. The van der Waals surface area contributed by atoms with E-state index in [9.17, 15) is 4.79 Å². The van der Waals surface area contributed by atoms with Gasteiger partial charge in [-0.05, 0) is 31.0 Å². The Hall–Kier alpha value is -4.00. The third-order valence-corrected chi connectivity index (χ3v) is 6.20. The van der Waals surface area contributed by atoms with Gasteiger partial charge in [-0.25, -0.2) is 14.5 Å². The van der Waals surface area contributed by atoms with Crippen LogP contribution in [0.2, 0.25) is 0 Å². The van der Waals surface area contributed by atoms with Crippen molar-refractivity contribution >= 4 is 22.6 Å². The number of carbonyl (C=O) groups is 1. The maximum atomic E-state index is 13.5. The van der Waals surface area contributed by atoms with E-state index in [1.807, 2.05) is 65.6 Å². The first-order chi connectivity index (χ1) is 15.8. The number of hydrogen-bond acceptors (Lipinski definition) is 4. The van der Waals surface area contributed by atoms with Crippen LogP contribution in [-0.2, 0) is 0 Å². The summed E-state index contributed by atoms with van der Waals surface area (Å²) in [6.07, 6.45) is 5.33. The average Bonchev–Trinajstić information content (AvgIpc) is 3.49. The first-order valence-electron chi connectivity index (χ1n) is 10.9. The predicted octanol–water partition coefficient (Wildman–Crippen LogP) is 4.29. The van der Waals surface area contributed by atoms with Gasteiger partial charge < -0.3 is 9.88 Å². The number of rotatable bonds is 3. The molecule has 1 aliphatic heterocycles. The number of imidazole rings is 1. The fourth-order valence-corrected chi connectivity index (χ4v) is 4.59. The lowest BCUT2D eigenvalue weighted by Gasteiger charge is -2.31. The molecule has 0 spiro atoms. The van der Waals surface area contributed by atoms with Crippen LogP contribution >= 0.6 is 0 Å². The van der Waals surface area contributed by atoms with Crippen molar-refractivity contribution in [3.05, 3.63) is 84.4 Å². The van der Waals surface area contributed by atoms with Gasteiger partial charge in [0.15, 0.2) is 5.65 Å². The number of H-pyrrole nitrogens is 1. The molecule has 7 heteroatoms. The molecule has 1 fully saturated rings. The first kappa shape index (κ1) is 18.7. The molecule has 1 unspecified atom stereocenters. The molecular weight excluding hydrogens is 400 g/mol. The number of nitrogens with zero attached hydrogens (tertiary/aromatic N) is 5. The van der Waals surface area contributed by atoms with Crippen molar-refractivity contribution in [3.8, 4) is 11.3 Å². The second-order valence-corrected chi connectivity index (χ2v) is 8.22. The number of likely N-dealkylation sites (tertiary alicyclic amines) is 1. The van der Waals surface area contributed by atoms with Gasteiger partial charge in [-0.3, -0.25) is 4.79 Å². The molecule has 2 aromatic carbocycles. The van der Waals surface area contributed by atoms with Gasteiger partial charge in [0.05, 0.1) is 22.9 Å². The number of amides is 1. The lowest BCUT2D eigenvalue weighted by atomic mass is 9.97. The summed E-state index contributed by atoms with van der Waals surface area (Å²) >= 11 is 0. The summed E-state index contributed by atoms with van der Waals surface area (Å²) in [7, 11) is 0. The number of carbonyl (C=O) groups excluding carboxylic acids is 1. The van der Waals surface area contributed by atoms with Gasteiger partial charge in [0.1, 0.15) is 11.4 Å². The second kappa shape index (κ2) is 7.60. The minimum Gasteiger partial charge on any atom is -0.342 e. The monoisotopic (exact) mass is 422 g/mol. The summed E-state index contributed by atoms with van der Waals surface area (Å²) in [5.74, 6) is 1.11. The smallest absolute Gasteiger partial charge is 0.259 e. The molecule has 6 rings (SSSR count). The third kappa shape index (κ3) is 3.13. The predicted molar refractivity (Wildman–Crippen MR) is 122 cm³/mol. The van der Waals surface area contributed by atoms with E-state index in [0.717, 1.165) is 47.5 Å². The number of aromatic nitrogens is 5. The summed E-state index contributed by atoms with van der Waals surface area (Å²) in [4.78, 5) is 28.1. The molecule has 0 bridgehead atoms. The van der Waals surface area contributed by atoms with E-state index in [4.69, 9.17) is 4.98 Å². The normalized spacial score (nSPS) is 16.6. The van der Waals surface area contributed by atoms with E-state index in [1.165, 1.54) is 0 Å². The molecule has 1 N–H and O–H groups in total. The van der Waals surface area contributed by atoms with E-state index in [-0.39, 0.29) is 11.8 Å². The van der Waals surface area contributed by atoms with Crippen molar-refractivity contribution in [2.75, 3.05) is 13.1 Å². The van der Waals surface area contributed by atoms with Gasteiger partial charge in [0.2, 0.25) is 0 Å².